The molecule has 0 amide bonds. The third-order valence-electron chi connectivity index (χ3n) is 4.60. The summed E-state index contributed by atoms with van der Waals surface area (Å²) in [6.07, 6.45) is 3.86. The number of aryl methyl sites for hydroxylation is 1. The van der Waals surface area contributed by atoms with Crippen molar-refractivity contribution in [3.8, 4) is 5.88 Å². The summed E-state index contributed by atoms with van der Waals surface area (Å²) in [6.45, 7) is 0. The molecular formula is C18H20BrN3O5S. The highest BCUT2D eigenvalue weighted by Gasteiger charge is 2.26. The first-order valence-electron chi connectivity index (χ1n) is 8.66. The van der Waals surface area contributed by atoms with Gasteiger partial charge >= 0.3 is 5.97 Å². The molecule has 0 spiro atoms. The van der Waals surface area contributed by atoms with Gasteiger partial charge in [-0.05, 0) is 40.9 Å². The second-order valence-electron chi connectivity index (χ2n) is 6.48. The molecule has 1 saturated heterocycles. The minimum atomic E-state index is -2.53. The molecule has 0 unspecified atom stereocenters. The zero-order valence-corrected chi connectivity index (χ0v) is 17.9. The van der Waals surface area contributed by atoms with Gasteiger partial charge < -0.3 is 9.84 Å². The van der Waals surface area contributed by atoms with Gasteiger partial charge in [-0.2, -0.15) is 9.46 Å². The Bertz CT molecular complexity index is 1060. The van der Waals surface area contributed by atoms with Crippen LogP contribution in [0, 0.1) is 0 Å². The smallest absolute Gasteiger partial charge is 0.340 e. The monoisotopic (exact) mass is 469 g/mol. The van der Waals surface area contributed by atoms with Crippen LogP contribution in [0.3, 0.4) is 0 Å². The van der Waals surface area contributed by atoms with E-state index in [2.05, 4.69) is 25.4 Å². The minimum Gasteiger partial charge on any atom is -0.493 e. The summed E-state index contributed by atoms with van der Waals surface area (Å²) in [5.74, 6) is -0.514. The predicted molar refractivity (Wildman–Crippen MR) is 108 cm³/mol. The summed E-state index contributed by atoms with van der Waals surface area (Å²) >= 11 is 3.35. The van der Waals surface area contributed by atoms with Crippen molar-refractivity contribution in [3.05, 3.63) is 39.5 Å². The number of aromatic nitrogens is 2. The molecule has 1 N–H and O–H groups in total. The first-order chi connectivity index (χ1) is 13.3. The number of hydrogen-bond donors (Lipinski definition) is 1. The van der Waals surface area contributed by atoms with E-state index in [4.69, 9.17) is 4.74 Å². The molecular weight excluding hydrogens is 450 g/mol. The van der Waals surface area contributed by atoms with Crippen LogP contribution in [-0.4, -0.2) is 49.5 Å². The molecule has 1 aromatic carbocycles. The molecule has 0 radical (unpaired) electrons. The van der Waals surface area contributed by atoms with E-state index in [1.165, 1.54) is 37.2 Å². The van der Waals surface area contributed by atoms with Crippen LogP contribution < -0.4 is 0 Å². The number of benzene rings is 1. The van der Waals surface area contributed by atoms with Crippen molar-refractivity contribution in [2.24, 2.45) is 11.4 Å². The maximum absolute atomic E-state index is 13.1. The lowest BCUT2D eigenvalue weighted by atomic mass is 10.0. The summed E-state index contributed by atoms with van der Waals surface area (Å²) in [5.41, 5.74) is 0.443. The summed E-state index contributed by atoms with van der Waals surface area (Å²) in [7, 11) is 0.222. The zero-order valence-electron chi connectivity index (χ0n) is 15.5. The fraction of sp³-hybridized carbons (Fsp3) is 0.389. The molecule has 28 heavy (non-hydrogen) atoms. The van der Waals surface area contributed by atoms with Crippen LogP contribution >= 0.6 is 15.9 Å². The second-order valence-corrected chi connectivity index (χ2v) is 9.82. The first-order valence-corrected chi connectivity index (χ1v) is 11.3. The number of carbonyl (C=O) groups is 2. The van der Waals surface area contributed by atoms with Crippen LogP contribution in [-0.2, 0) is 21.5 Å². The molecule has 8 nitrogen and oxygen atoms in total. The Morgan fingerprint density at radius 3 is 2.43 bits per heavy atom. The average Bonchev–Trinajstić information content (AvgIpc) is 3.01. The fourth-order valence-corrected chi connectivity index (χ4v) is 5.98. The molecule has 0 bridgehead atoms. The van der Waals surface area contributed by atoms with Crippen molar-refractivity contribution in [3.63, 3.8) is 0 Å². The summed E-state index contributed by atoms with van der Waals surface area (Å²) in [4.78, 5) is 25.1. The van der Waals surface area contributed by atoms with Crippen LogP contribution in [0.25, 0.3) is 0 Å². The van der Waals surface area contributed by atoms with Crippen molar-refractivity contribution >= 4 is 43.1 Å². The molecule has 1 aliphatic heterocycles. The highest BCUT2D eigenvalue weighted by atomic mass is 79.9. The quantitative estimate of drug-likeness (QED) is 0.543. The van der Waals surface area contributed by atoms with E-state index in [0.29, 0.717) is 11.5 Å². The lowest BCUT2D eigenvalue weighted by Crippen LogP contribution is -2.16. The minimum absolute atomic E-state index is 0.0156. The van der Waals surface area contributed by atoms with Gasteiger partial charge in [0.2, 0.25) is 11.7 Å². The van der Waals surface area contributed by atoms with Crippen molar-refractivity contribution in [1.82, 2.24) is 9.78 Å². The van der Waals surface area contributed by atoms with E-state index in [0.717, 1.165) is 19.3 Å². The second kappa shape index (κ2) is 8.04. The van der Waals surface area contributed by atoms with Crippen molar-refractivity contribution in [2.45, 2.75) is 19.3 Å². The Balaban J connectivity index is 2.18. The molecule has 150 valence electrons. The third-order valence-corrected chi connectivity index (χ3v) is 7.77. The van der Waals surface area contributed by atoms with Gasteiger partial charge in [-0.3, -0.25) is 4.79 Å². The molecule has 3 rings (SSSR count). The number of nitrogens with zero attached hydrogens (tertiary/aromatic N) is 3. The number of halogens is 1. The molecule has 0 aliphatic carbocycles. The molecule has 10 heteroatoms. The Morgan fingerprint density at radius 1 is 1.21 bits per heavy atom. The first kappa shape index (κ1) is 20.5. The van der Waals surface area contributed by atoms with Gasteiger partial charge in [-0.1, -0.05) is 6.42 Å². The summed E-state index contributed by atoms with van der Waals surface area (Å²) in [6, 6.07) is 2.86. The van der Waals surface area contributed by atoms with E-state index < -0.39 is 21.5 Å². The highest BCUT2D eigenvalue weighted by molar-refractivity contribution is 9.10. The molecule has 1 aliphatic rings. The number of aromatic hydroxyl groups is 1. The Hall–Kier alpha value is -2.20. The third kappa shape index (κ3) is 3.83. The van der Waals surface area contributed by atoms with Gasteiger partial charge in [-0.25, -0.2) is 13.7 Å². The zero-order chi connectivity index (χ0) is 20.5. The maximum atomic E-state index is 13.1. The number of methoxy groups -OCH3 is 1. The molecule has 2 heterocycles. The molecule has 1 fully saturated rings. The van der Waals surface area contributed by atoms with Gasteiger partial charge in [0.1, 0.15) is 11.3 Å². The van der Waals surface area contributed by atoms with Gasteiger partial charge in [-0.15, -0.1) is 0 Å². The molecule has 1 aromatic heterocycles. The number of ether oxygens (including phenoxy) is 1. The van der Waals surface area contributed by atoms with Crippen molar-refractivity contribution < 1.29 is 23.6 Å². The lowest BCUT2D eigenvalue weighted by molar-refractivity contribution is 0.0601. The SMILES string of the molecule is COC(=O)c1ccc(C(=O)c2cnn(C)c2O)c(Br)c1N=S1(=O)CCCCC1. The van der Waals surface area contributed by atoms with Gasteiger partial charge in [0.05, 0.1) is 33.1 Å². The van der Waals surface area contributed by atoms with Gasteiger partial charge in [0.25, 0.3) is 0 Å². The van der Waals surface area contributed by atoms with E-state index in [1.807, 2.05) is 0 Å². The Labute approximate surface area is 171 Å². The Morgan fingerprint density at radius 2 is 1.86 bits per heavy atom. The fourth-order valence-electron chi connectivity index (χ4n) is 3.03. The largest absolute Gasteiger partial charge is 0.493 e. The summed E-state index contributed by atoms with van der Waals surface area (Å²) < 4.78 is 23.8. The molecule has 0 atom stereocenters. The maximum Gasteiger partial charge on any atom is 0.340 e. The van der Waals surface area contributed by atoms with Crippen molar-refractivity contribution in [1.29, 1.82) is 0 Å². The normalized spacial score (nSPS) is 15.8. The van der Waals surface area contributed by atoms with Crippen LogP contribution in [0.5, 0.6) is 5.88 Å². The highest BCUT2D eigenvalue weighted by Crippen LogP contribution is 2.37. The molecule has 2 aromatic rings. The number of ketones is 1. The Kier molecular flexibility index (Phi) is 5.90. The standard InChI is InChI=1S/C18H20BrN3O5S/c1-22-17(24)13(10-20-22)16(23)11-6-7-12(18(25)27-2)15(14(11)19)21-28(26)8-4-3-5-9-28/h6-7,10,24H,3-5,8-9H2,1-2H3. The van der Waals surface area contributed by atoms with Crippen LogP contribution in [0.1, 0.15) is 45.5 Å². The number of hydrogen-bond acceptors (Lipinski definition) is 7. The van der Waals surface area contributed by atoms with Crippen LogP contribution in [0.15, 0.2) is 27.2 Å². The van der Waals surface area contributed by atoms with E-state index in [-0.39, 0.29) is 32.7 Å². The topological polar surface area (TPSA) is 111 Å². The van der Waals surface area contributed by atoms with Crippen LogP contribution in [0.2, 0.25) is 0 Å². The van der Waals surface area contributed by atoms with E-state index >= 15 is 0 Å². The average molecular weight is 470 g/mol. The van der Waals surface area contributed by atoms with E-state index in [9.17, 15) is 18.9 Å². The lowest BCUT2D eigenvalue weighted by Gasteiger charge is -2.17. The van der Waals surface area contributed by atoms with Gasteiger partial charge in [0.15, 0.2) is 0 Å². The van der Waals surface area contributed by atoms with Gasteiger partial charge in [0, 0.05) is 24.1 Å². The number of esters is 1. The predicted octanol–water partition coefficient (Wildman–Crippen LogP) is 3.19. The van der Waals surface area contributed by atoms with E-state index in [1.54, 1.807) is 0 Å². The summed E-state index contributed by atoms with van der Waals surface area (Å²) in [5, 5.41) is 13.9. The molecule has 0 saturated carbocycles. The van der Waals surface area contributed by atoms with Crippen molar-refractivity contribution in [2.75, 3.05) is 18.6 Å². The number of rotatable bonds is 4. The van der Waals surface area contributed by atoms with Crippen LogP contribution in [0.4, 0.5) is 5.69 Å². The number of carbonyl (C=O) groups excluding carboxylic acids is 2.